The quantitative estimate of drug-likeness (QED) is 0.725. The molecule has 2 atom stereocenters. The van der Waals surface area contributed by atoms with Crippen molar-refractivity contribution in [1.29, 1.82) is 0 Å². The van der Waals surface area contributed by atoms with Gasteiger partial charge in [-0.3, -0.25) is 4.98 Å². The second kappa shape index (κ2) is 7.59. The molecule has 0 spiro atoms. The summed E-state index contributed by atoms with van der Waals surface area (Å²) in [7, 11) is 0. The summed E-state index contributed by atoms with van der Waals surface area (Å²) in [5, 5.41) is 18.4. The molecule has 5 heteroatoms. The Labute approximate surface area is 148 Å². The molecule has 2 N–H and O–H groups in total. The van der Waals surface area contributed by atoms with E-state index >= 15 is 0 Å². The van der Waals surface area contributed by atoms with E-state index in [0.717, 1.165) is 22.6 Å². The van der Waals surface area contributed by atoms with Gasteiger partial charge < -0.3 is 10.4 Å². The first-order chi connectivity index (χ1) is 12.1. The van der Waals surface area contributed by atoms with E-state index in [9.17, 15) is 5.11 Å². The average Bonchev–Trinajstić information content (AvgIpc) is 2.95. The smallest absolute Gasteiger partial charge is 0.0915 e. The number of rotatable bonds is 6. The second-order valence-corrected chi connectivity index (χ2v) is 6.26. The lowest BCUT2D eigenvalue weighted by molar-refractivity contribution is 0.170. The van der Waals surface area contributed by atoms with Gasteiger partial charge in [-0.15, -0.1) is 0 Å². The zero-order valence-electron chi connectivity index (χ0n) is 14.8. The van der Waals surface area contributed by atoms with E-state index in [2.05, 4.69) is 36.3 Å². The summed E-state index contributed by atoms with van der Waals surface area (Å²) in [5.74, 6) is 0. The van der Waals surface area contributed by atoms with Crippen LogP contribution in [0.2, 0.25) is 0 Å². The molecule has 3 aromatic rings. The number of aliphatic hydroxyl groups is 1. The van der Waals surface area contributed by atoms with Crippen molar-refractivity contribution in [3.05, 3.63) is 77.4 Å². The van der Waals surface area contributed by atoms with Crippen LogP contribution in [0.1, 0.15) is 41.6 Å². The fraction of sp³-hybridized carbons (Fsp3) is 0.300. The maximum atomic E-state index is 10.3. The molecular weight excluding hydrogens is 312 g/mol. The molecule has 0 bridgehead atoms. The van der Waals surface area contributed by atoms with Crippen LogP contribution in [0.3, 0.4) is 0 Å². The van der Waals surface area contributed by atoms with Crippen LogP contribution in [0.4, 0.5) is 0 Å². The van der Waals surface area contributed by atoms with Gasteiger partial charge in [0.1, 0.15) is 0 Å². The predicted octanol–water partition coefficient (Wildman–Crippen LogP) is 3.27. The van der Waals surface area contributed by atoms with Gasteiger partial charge in [0.2, 0.25) is 0 Å². The molecule has 25 heavy (non-hydrogen) atoms. The van der Waals surface area contributed by atoms with E-state index in [1.54, 1.807) is 12.4 Å². The van der Waals surface area contributed by atoms with Gasteiger partial charge in [-0.1, -0.05) is 18.2 Å². The summed E-state index contributed by atoms with van der Waals surface area (Å²) >= 11 is 0. The van der Waals surface area contributed by atoms with Crippen LogP contribution in [0.5, 0.6) is 0 Å². The van der Waals surface area contributed by atoms with Crippen LogP contribution in [-0.2, 0) is 0 Å². The van der Waals surface area contributed by atoms with E-state index in [0.29, 0.717) is 6.54 Å². The van der Waals surface area contributed by atoms with E-state index in [4.69, 9.17) is 5.10 Å². The minimum atomic E-state index is -0.560. The van der Waals surface area contributed by atoms with Crippen molar-refractivity contribution in [2.45, 2.75) is 32.9 Å². The predicted molar refractivity (Wildman–Crippen MR) is 98.7 cm³/mol. The van der Waals surface area contributed by atoms with Crippen molar-refractivity contribution in [3.8, 4) is 5.69 Å². The molecule has 1 aromatic carbocycles. The van der Waals surface area contributed by atoms with Crippen molar-refractivity contribution < 1.29 is 5.11 Å². The number of hydrogen-bond acceptors (Lipinski definition) is 4. The first-order valence-electron chi connectivity index (χ1n) is 8.51. The van der Waals surface area contributed by atoms with Crippen molar-refractivity contribution in [1.82, 2.24) is 20.1 Å². The first kappa shape index (κ1) is 17.3. The Morgan fingerprint density at radius 3 is 2.44 bits per heavy atom. The van der Waals surface area contributed by atoms with Crippen molar-refractivity contribution in [2.24, 2.45) is 0 Å². The average molecular weight is 336 g/mol. The number of hydrogen-bond donors (Lipinski definition) is 2. The fourth-order valence-corrected chi connectivity index (χ4v) is 3.20. The second-order valence-electron chi connectivity index (χ2n) is 6.26. The fourth-order valence-electron chi connectivity index (χ4n) is 3.20. The molecule has 0 fully saturated rings. The standard InChI is InChI=1S/C20H24N4O/c1-14(22-13-19(25)17-9-11-21-12-10-17)20-15(2)23-24(16(20)3)18-7-5-4-6-8-18/h4-12,14,19,22,25H,13H2,1-3H3. The van der Waals surface area contributed by atoms with E-state index in [1.807, 2.05) is 41.9 Å². The highest BCUT2D eigenvalue weighted by Crippen LogP contribution is 2.24. The molecule has 0 aliphatic carbocycles. The van der Waals surface area contributed by atoms with Crippen LogP contribution in [-0.4, -0.2) is 26.4 Å². The Hall–Kier alpha value is -2.50. The van der Waals surface area contributed by atoms with E-state index in [1.165, 1.54) is 5.56 Å². The number of para-hydroxylation sites is 1. The first-order valence-corrected chi connectivity index (χ1v) is 8.51. The van der Waals surface area contributed by atoms with Gasteiger partial charge in [0.15, 0.2) is 0 Å². The molecule has 3 rings (SSSR count). The van der Waals surface area contributed by atoms with E-state index < -0.39 is 6.10 Å². The Morgan fingerprint density at radius 1 is 1.08 bits per heavy atom. The van der Waals surface area contributed by atoms with Gasteiger partial charge in [0.05, 0.1) is 17.5 Å². The lowest BCUT2D eigenvalue weighted by atomic mass is 10.1. The third kappa shape index (κ3) is 3.78. The Bertz CT molecular complexity index is 814. The third-order valence-corrected chi connectivity index (χ3v) is 4.49. The number of aliphatic hydroxyl groups excluding tert-OH is 1. The summed E-state index contributed by atoms with van der Waals surface area (Å²) < 4.78 is 1.97. The number of nitrogens with zero attached hydrogens (tertiary/aromatic N) is 3. The number of aryl methyl sites for hydroxylation is 1. The number of pyridine rings is 1. The molecule has 2 heterocycles. The zero-order chi connectivity index (χ0) is 17.8. The molecule has 0 aliphatic rings. The van der Waals surface area contributed by atoms with Crippen LogP contribution >= 0.6 is 0 Å². The van der Waals surface area contributed by atoms with Gasteiger partial charge in [0.25, 0.3) is 0 Å². The molecule has 0 saturated heterocycles. The monoisotopic (exact) mass is 336 g/mol. The van der Waals surface area contributed by atoms with Crippen LogP contribution in [0.15, 0.2) is 54.9 Å². The SMILES string of the molecule is Cc1nn(-c2ccccc2)c(C)c1C(C)NCC(O)c1ccncc1. The Balaban J connectivity index is 1.74. The van der Waals surface area contributed by atoms with Gasteiger partial charge >= 0.3 is 0 Å². The normalized spacial score (nSPS) is 13.6. The largest absolute Gasteiger partial charge is 0.387 e. The van der Waals surface area contributed by atoms with Gasteiger partial charge in [-0.05, 0) is 50.6 Å². The summed E-state index contributed by atoms with van der Waals surface area (Å²) in [6.07, 6.45) is 2.83. The van der Waals surface area contributed by atoms with Crippen LogP contribution < -0.4 is 5.32 Å². The third-order valence-electron chi connectivity index (χ3n) is 4.49. The van der Waals surface area contributed by atoms with E-state index in [-0.39, 0.29) is 6.04 Å². The molecular formula is C20H24N4O. The molecule has 130 valence electrons. The van der Waals surface area contributed by atoms with Gasteiger partial charge in [0, 0.05) is 36.2 Å². The summed E-state index contributed by atoms with van der Waals surface area (Å²) in [5.41, 5.74) is 5.20. The zero-order valence-corrected chi connectivity index (χ0v) is 14.8. The molecule has 2 aromatic heterocycles. The Morgan fingerprint density at radius 2 is 1.76 bits per heavy atom. The molecule has 0 radical (unpaired) electrons. The van der Waals surface area contributed by atoms with Crippen molar-refractivity contribution in [2.75, 3.05) is 6.54 Å². The highest BCUT2D eigenvalue weighted by atomic mass is 16.3. The lowest BCUT2D eigenvalue weighted by Gasteiger charge is -2.18. The molecule has 0 amide bonds. The molecule has 2 unspecified atom stereocenters. The van der Waals surface area contributed by atoms with Gasteiger partial charge in [-0.25, -0.2) is 4.68 Å². The van der Waals surface area contributed by atoms with Gasteiger partial charge in [-0.2, -0.15) is 5.10 Å². The lowest BCUT2D eigenvalue weighted by Crippen LogP contribution is -2.25. The minimum Gasteiger partial charge on any atom is -0.387 e. The maximum absolute atomic E-state index is 10.3. The number of aromatic nitrogens is 3. The van der Waals surface area contributed by atoms with Crippen molar-refractivity contribution in [3.63, 3.8) is 0 Å². The van der Waals surface area contributed by atoms with Crippen molar-refractivity contribution >= 4 is 0 Å². The highest BCUT2D eigenvalue weighted by Gasteiger charge is 2.19. The summed E-state index contributed by atoms with van der Waals surface area (Å²) in [6.45, 7) is 6.69. The van der Waals surface area contributed by atoms with Crippen LogP contribution in [0.25, 0.3) is 5.69 Å². The molecule has 5 nitrogen and oxygen atoms in total. The number of nitrogens with one attached hydrogen (secondary N) is 1. The Kier molecular flexibility index (Phi) is 5.26. The highest BCUT2D eigenvalue weighted by molar-refractivity contribution is 5.38. The summed E-state index contributed by atoms with van der Waals surface area (Å²) in [6, 6.07) is 13.9. The summed E-state index contributed by atoms with van der Waals surface area (Å²) in [4.78, 5) is 3.98. The number of benzene rings is 1. The minimum absolute atomic E-state index is 0.0916. The molecule has 0 saturated carbocycles. The van der Waals surface area contributed by atoms with Crippen LogP contribution in [0, 0.1) is 13.8 Å². The maximum Gasteiger partial charge on any atom is 0.0915 e. The topological polar surface area (TPSA) is 63.0 Å². The molecule has 0 aliphatic heterocycles.